The van der Waals surface area contributed by atoms with Gasteiger partial charge in [0.05, 0.1) is 12.7 Å². The van der Waals surface area contributed by atoms with E-state index in [0.29, 0.717) is 13.2 Å². The molecule has 1 aromatic carbocycles. The van der Waals surface area contributed by atoms with Gasteiger partial charge in [-0.3, -0.25) is 4.79 Å². The van der Waals surface area contributed by atoms with Gasteiger partial charge in [0.2, 0.25) is 0 Å². The number of likely N-dealkylation sites (N-methyl/N-ethyl adjacent to an activating group) is 1. The number of para-hydroxylation sites is 1. The van der Waals surface area contributed by atoms with E-state index in [1.54, 1.807) is 18.7 Å². The van der Waals surface area contributed by atoms with Crippen molar-refractivity contribution >= 4 is 17.6 Å². The number of carbonyl (C=O) groups is 2. The summed E-state index contributed by atoms with van der Waals surface area (Å²) >= 11 is 0. The number of hydrogen-bond acceptors (Lipinski definition) is 5. The van der Waals surface area contributed by atoms with E-state index in [1.165, 1.54) is 0 Å². The van der Waals surface area contributed by atoms with Crippen LogP contribution < -0.4 is 4.90 Å². The Bertz CT molecular complexity index is 556. The van der Waals surface area contributed by atoms with Crippen molar-refractivity contribution < 1.29 is 23.8 Å². The summed E-state index contributed by atoms with van der Waals surface area (Å²) in [5.74, 6) is -0.795. The summed E-state index contributed by atoms with van der Waals surface area (Å²) < 4.78 is 16.3. The van der Waals surface area contributed by atoms with Crippen LogP contribution in [-0.4, -0.2) is 49.9 Å². The molecule has 0 radical (unpaired) electrons. The third-order valence-electron chi connectivity index (χ3n) is 4.18. The van der Waals surface area contributed by atoms with E-state index in [9.17, 15) is 9.59 Å². The minimum absolute atomic E-state index is 0.0444. The Morgan fingerprint density at radius 3 is 2.56 bits per heavy atom. The number of anilines is 1. The maximum absolute atomic E-state index is 12.6. The molecule has 2 rings (SSSR count). The van der Waals surface area contributed by atoms with Crippen LogP contribution in [0.15, 0.2) is 30.3 Å². The van der Waals surface area contributed by atoms with Gasteiger partial charge >= 0.3 is 5.97 Å². The van der Waals surface area contributed by atoms with Gasteiger partial charge in [-0.2, -0.15) is 0 Å². The topological polar surface area (TPSA) is 65.1 Å². The molecule has 1 heterocycles. The highest BCUT2D eigenvalue weighted by molar-refractivity contribution is 5.97. The summed E-state index contributed by atoms with van der Waals surface area (Å²) in [6.45, 7) is 6.69. The second-order valence-corrected chi connectivity index (χ2v) is 6.11. The average molecular weight is 349 g/mol. The number of ether oxygens (including phenoxy) is 3. The first-order chi connectivity index (χ1) is 12.0. The Kier molecular flexibility index (Phi) is 7.40. The molecule has 6 nitrogen and oxygen atoms in total. The van der Waals surface area contributed by atoms with Gasteiger partial charge < -0.3 is 19.1 Å². The minimum atomic E-state index is -0.874. The van der Waals surface area contributed by atoms with Crippen LogP contribution in [0.2, 0.25) is 0 Å². The molecule has 0 aliphatic carbocycles. The van der Waals surface area contributed by atoms with Gasteiger partial charge in [-0.1, -0.05) is 18.2 Å². The molecule has 25 heavy (non-hydrogen) atoms. The number of amides is 1. The summed E-state index contributed by atoms with van der Waals surface area (Å²) in [6, 6.07) is 9.32. The van der Waals surface area contributed by atoms with E-state index < -0.39 is 18.2 Å². The van der Waals surface area contributed by atoms with E-state index in [-0.39, 0.29) is 12.0 Å². The summed E-state index contributed by atoms with van der Waals surface area (Å²) in [6.07, 6.45) is 0.403. The Morgan fingerprint density at radius 2 is 1.96 bits per heavy atom. The fourth-order valence-corrected chi connectivity index (χ4v) is 2.71. The standard InChI is InChI=1S/C19H27NO5/c1-4-20(16-9-6-5-7-10-16)18(21)14(2)25-19(22)15(3)24-13-17-11-8-12-23-17/h5-7,9-10,14-15,17H,4,8,11-13H2,1-3H3. The van der Waals surface area contributed by atoms with Gasteiger partial charge in [0.1, 0.15) is 0 Å². The Morgan fingerprint density at radius 1 is 1.24 bits per heavy atom. The van der Waals surface area contributed by atoms with Crippen molar-refractivity contribution in [2.75, 3.05) is 24.7 Å². The van der Waals surface area contributed by atoms with E-state index in [1.807, 2.05) is 37.3 Å². The maximum Gasteiger partial charge on any atom is 0.335 e. The first-order valence-electron chi connectivity index (χ1n) is 8.83. The van der Waals surface area contributed by atoms with E-state index in [4.69, 9.17) is 14.2 Å². The molecule has 0 aromatic heterocycles. The molecule has 0 bridgehead atoms. The Labute approximate surface area is 149 Å². The third-order valence-corrected chi connectivity index (χ3v) is 4.18. The van der Waals surface area contributed by atoms with Crippen molar-refractivity contribution in [1.29, 1.82) is 0 Å². The van der Waals surface area contributed by atoms with Crippen LogP contribution in [0.3, 0.4) is 0 Å². The first-order valence-corrected chi connectivity index (χ1v) is 8.83. The van der Waals surface area contributed by atoms with Crippen LogP contribution in [0.1, 0.15) is 33.6 Å². The molecule has 1 amide bonds. The predicted octanol–water partition coefficient (Wildman–Crippen LogP) is 2.56. The van der Waals surface area contributed by atoms with E-state index >= 15 is 0 Å². The highest BCUT2D eigenvalue weighted by Gasteiger charge is 2.27. The fraction of sp³-hybridized carbons (Fsp3) is 0.579. The third kappa shape index (κ3) is 5.54. The Hall–Kier alpha value is -1.92. The summed E-state index contributed by atoms with van der Waals surface area (Å²) in [7, 11) is 0. The molecule has 0 spiro atoms. The van der Waals surface area contributed by atoms with Crippen LogP contribution in [-0.2, 0) is 23.8 Å². The van der Waals surface area contributed by atoms with Crippen molar-refractivity contribution in [3.63, 3.8) is 0 Å². The van der Waals surface area contributed by atoms with Crippen molar-refractivity contribution in [2.24, 2.45) is 0 Å². The minimum Gasteiger partial charge on any atom is -0.451 e. The van der Waals surface area contributed by atoms with Gasteiger partial charge in [0.25, 0.3) is 5.91 Å². The lowest BCUT2D eigenvalue weighted by Gasteiger charge is -2.25. The molecule has 3 unspecified atom stereocenters. The average Bonchev–Trinajstić information content (AvgIpc) is 3.14. The molecule has 3 atom stereocenters. The largest absolute Gasteiger partial charge is 0.451 e. The zero-order valence-electron chi connectivity index (χ0n) is 15.1. The number of carbonyl (C=O) groups excluding carboxylic acids is 2. The molecule has 0 saturated carbocycles. The van der Waals surface area contributed by atoms with Crippen LogP contribution in [0, 0.1) is 0 Å². The van der Waals surface area contributed by atoms with Crippen molar-refractivity contribution in [3.05, 3.63) is 30.3 Å². The van der Waals surface area contributed by atoms with Crippen molar-refractivity contribution in [3.8, 4) is 0 Å². The van der Waals surface area contributed by atoms with Crippen LogP contribution >= 0.6 is 0 Å². The number of hydrogen-bond donors (Lipinski definition) is 0. The van der Waals surface area contributed by atoms with Crippen LogP contribution in [0.25, 0.3) is 0 Å². The zero-order chi connectivity index (χ0) is 18.2. The number of esters is 1. The van der Waals surface area contributed by atoms with E-state index in [0.717, 1.165) is 25.1 Å². The van der Waals surface area contributed by atoms with E-state index in [2.05, 4.69) is 0 Å². The van der Waals surface area contributed by atoms with Crippen LogP contribution in [0.4, 0.5) is 5.69 Å². The second kappa shape index (κ2) is 9.53. The number of benzene rings is 1. The SMILES string of the molecule is CCN(C(=O)C(C)OC(=O)C(C)OCC1CCCO1)c1ccccc1. The molecule has 6 heteroatoms. The molecular weight excluding hydrogens is 322 g/mol. The molecule has 138 valence electrons. The first kappa shape index (κ1) is 19.4. The molecule has 1 aliphatic heterocycles. The number of rotatable bonds is 8. The van der Waals surface area contributed by atoms with Crippen LogP contribution in [0.5, 0.6) is 0 Å². The maximum atomic E-state index is 12.6. The molecule has 0 N–H and O–H groups in total. The molecule has 1 aromatic rings. The quantitative estimate of drug-likeness (QED) is 0.675. The molecule has 1 aliphatic rings. The van der Waals surface area contributed by atoms with Gasteiger partial charge in [0.15, 0.2) is 12.2 Å². The lowest BCUT2D eigenvalue weighted by molar-refractivity contribution is -0.165. The predicted molar refractivity (Wildman–Crippen MR) is 94.4 cm³/mol. The highest BCUT2D eigenvalue weighted by Crippen LogP contribution is 2.16. The summed E-state index contributed by atoms with van der Waals surface area (Å²) in [5, 5.41) is 0. The smallest absolute Gasteiger partial charge is 0.335 e. The lowest BCUT2D eigenvalue weighted by atomic mass is 10.2. The van der Waals surface area contributed by atoms with Gasteiger partial charge in [-0.25, -0.2) is 4.79 Å². The monoisotopic (exact) mass is 349 g/mol. The lowest BCUT2D eigenvalue weighted by Crippen LogP contribution is -2.41. The zero-order valence-corrected chi connectivity index (χ0v) is 15.1. The molecule has 1 saturated heterocycles. The fourth-order valence-electron chi connectivity index (χ4n) is 2.71. The molecule has 1 fully saturated rings. The summed E-state index contributed by atoms with van der Waals surface area (Å²) in [4.78, 5) is 26.3. The van der Waals surface area contributed by atoms with Gasteiger partial charge in [0, 0.05) is 18.8 Å². The second-order valence-electron chi connectivity index (χ2n) is 6.11. The van der Waals surface area contributed by atoms with Crippen molar-refractivity contribution in [1.82, 2.24) is 0 Å². The number of nitrogens with zero attached hydrogens (tertiary/aromatic N) is 1. The normalized spacial score (nSPS) is 19.2. The highest BCUT2D eigenvalue weighted by atomic mass is 16.6. The summed E-state index contributed by atoms with van der Waals surface area (Å²) in [5.41, 5.74) is 0.778. The van der Waals surface area contributed by atoms with Gasteiger partial charge in [-0.15, -0.1) is 0 Å². The van der Waals surface area contributed by atoms with Crippen molar-refractivity contribution in [2.45, 2.75) is 51.9 Å². The Balaban J connectivity index is 1.85. The molecular formula is C19H27NO5. The van der Waals surface area contributed by atoms with Gasteiger partial charge in [-0.05, 0) is 45.7 Å².